The zero-order valence-electron chi connectivity index (χ0n) is 7.87. The van der Waals surface area contributed by atoms with Crippen molar-refractivity contribution in [1.82, 2.24) is 10.3 Å². The Bertz CT molecular complexity index is 331. The summed E-state index contributed by atoms with van der Waals surface area (Å²) in [5, 5.41) is 3.97. The third-order valence-electron chi connectivity index (χ3n) is 2.15. The van der Waals surface area contributed by atoms with Crippen molar-refractivity contribution in [3.63, 3.8) is 0 Å². The van der Waals surface area contributed by atoms with Crippen molar-refractivity contribution in [2.75, 3.05) is 13.2 Å². The van der Waals surface area contributed by atoms with Crippen LogP contribution in [-0.2, 0) is 0 Å². The van der Waals surface area contributed by atoms with Crippen LogP contribution >= 0.6 is 35.6 Å². The van der Waals surface area contributed by atoms with E-state index >= 15 is 0 Å². The summed E-state index contributed by atoms with van der Waals surface area (Å²) in [6.45, 7) is 1.73. The smallest absolute Gasteiger partial charge is 0.147 e. The first-order chi connectivity index (χ1) is 6.75. The molecule has 0 bridgehead atoms. The molecule has 0 aliphatic carbocycles. The summed E-state index contributed by atoms with van der Waals surface area (Å²) in [4.78, 5) is 3.89. The predicted octanol–water partition coefficient (Wildman–Crippen LogP) is 2.55. The molecule has 0 spiro atoms. The highest BCUT2D eigenvalue weighted by molar-refractivity contribution is 6.41. The van der Waals surface area contributed by atoms with Crippen LogP contribution in [0.15, 0.2) is 12.3 Å². The molecule has 2 heterocycles. The quantitative estimate of drug-likeness (QED) is 0.856. The molecule has 1 N–H and O–H groups in total. The highest BCUT2D eigenvalue weighted by atomic mass is 35.5. The summed E-state index contributed by atoms with van der Waals surface area (Å²) in [5.74, 6) is 0.660. The number of nitrogens with zero attached hydrogens (tertiary/aromatic N) is 1. The largest absolute Gasteiger partial charge is 0.490 e. The number of halogens is 3. The highest BCUT2D eigenvalue weighted by Crippen LogP contribution is 2.23. The van der Waals surface area contributed by atoms with E-state index in [1.807, 2.05) is 0 Å². The Morgan fingerprint density at radius 2 is 2.27 bits per heavy atom. The normalized spacial score (nSPS) is 18.9. The maximum absolute atomic E-state index is 5.79. The Morgan fingerprint density at radius 3 is 2.80 bits per heavy atom. The van der Waals surface area contributed by atoms with E-state index in [0.29, 0.717) is 28.6 Å². The van der Waals surface area contributed by atoms with Gasteiger partial charge in [-0.2, -0.15) is 0 Å². The van der Waals surface area contributed by atoms with Crippen molar-refractivity contribution < 1.29 is 4.74 Å². The first-order valence-electron chi connectivity index (χ1n) is 4.43. The molecule has 0 unspecified atom stereocenters. The number of hydrogen-bond acceptors (Lipinski definition) is 3. The monoisotopic (exact) mass is 268 g/mol. The molecule has 0 amide bonds. The topological polar surface area (TPSA) is 34.1 Å². The minimum Gasteiger partial charge on any atom is -0.490 e. The number of ether oxygens (including phenoxy) is 1. The van der Waals surface area contributed by atoms with Gasteiger partial charge in [0.25, 0.3) is 0 Å². The van der Waals surface area contributed by atoms with Crippen molar-refractivity contribution in [2.24, 2.45) is 0 Å². The van der Waals surface area contributed by atoms with E-state index < -0.39 is 0 Å². The van der Waals surface area contributed by atoms with Gasteiger partial charge in [0.05, 0.1) is 11.2 Å². The maximum Gasteiger partial charge on any atom is 0.147 e. The van der Waals surface area contributed by atoms with Gasteiger partial charge in [-0.25, -0.2) is 4.98 Å². The molecule has 15 heavy (non-hydrogen) atoms. The van der Waals surface area contributed by atoms with Crippen LogP contribution in [0.2, 0.25) is 10.2 Å². The summed E-state index contributed by atoms with van der Waals surface area (Å²) in [6.07, 6.45) is 2.74. The first-order valence-corrected chi connectivity index (χ1v) is 5.18. The van der Waals surface area contributed by atoms with Crippen LogP contribution in [0.25, 0.3) is 0 Å². The van der Waals surface area contributed by atoms with Crippen LogP contribution < -0.4 is 10.1 Å². The molecular formula is C9H11Cl3N2O. The van der Waals surface area contributed by atoms with Gasteiger partial charge < -0.3 is 10.1 Å². The SMILES string of the molecule is Cl.Clc1cc(OC[C@@H]2CCN2)cnc1Cl. The second kappa shape index (κ2) is 5.75. The molecule has 1 aromatic heterocycles. The van der Waals surface area contributed by atoms with Crippen molar-refractivity contribution in [3.05, 3.63) is 22.4 Å². The molecule has 3 nitrogen and oxygen atoms in total. The molecule has 1 atom stereocenters. The zero-order chi connectivity index (χ0) is 9.97. The van der Waals surface area contributed by atoms with Crippen LogP contribution in [0.3, 0.4) is 0 Å². The van der Waals surface area contributed by atoms with Crippen LogP contribution in [0.4, 0.5) is 0 Å². The Morgan fingerprint density at radius 1 is 1.53 bits per heavy atom. The lowest BCUT2D eigenvalue weighted by Gasteiger charge is -2.27. The Labute approximate surface area is 105 Å². The van der Waals surface area contributed by atoms with E-state index in [1.165, 1.54) is 0 Å². The highest BCUT2D eigenvalue weighted by Gasteiger charge is 2.16. The summed E-state index contributed by atoms with van der Waals surface area (Å²) in [5.41, 5.74) is 0. The summed E-state index contributed by atoms with van der Waals surface area (Å²) < 4.78 is 5.48. The molecular weight excluding hydrogens is 258 g/mol. The third-order valence-corrected chi connectivity index (χ3v) is 2.83. The lowest BCUT2D eigenvalue weighted by Crippen LogP contribution is -2.46. The van der Waals surface area contributed by atoms with Gasteiger partial charge in [0.1, 0.15) is 17.5 Å². The zero-order valence-corrected chi connectivity index (χ0v) is 10.2. The minimum absolute atomic E-state index is 0. The lowest BCUT2D eigenvalue weighted by atomic mass is 10.1. The number of pyridine rings is 1. The number of rotatable bonds is 3. The fourth-order valence-corrected chi connectivity index (χ4v) is 1.43. The molecule has 6 heteroatoms. The molecule has 84 valence electrons. The number of hydrogen-bond donors (Lipinski definition) is 1. The van der Waals surface area contributed by atoms with E-state index in [4.69, 9.17) is 27.9 Å². The molecule has 1 aliphatic heterocycles. The third kappa shape index (κ3) is 3.38. The van der Waals surface area contributed by atoms with E-state index in [2.05, 4.69) is 10.3 Å². The molecule has 0 saturated carbocycles. The van der Waals surface area contributed by atoms with Gasteiger partial charge in [-0.1, -0.05) is 23.2 Å². The van der Waals surface area contributed by atoms with Gasteiger partial charge in [-0.3, -0.25) is 0 Å². The summed E-state index contributed by atoms with van der Waals surface area (Å²) in [6, 6.07) is 2.14. The Hall–Kier alpha value is -0.220. The van der Waals surface area contributed by atoms with Gasteiger partial charge in [0, 0.05) is 12.1 Å². The van der Waals surface area contributed by atoms with E-state index in [0.717, 1.165) is 13.0 Å². The lowest BCUT2D eigenvalue weighted by molar-refractivity contribution is 0.217. The Balaban J connectivity index is 0.00000112. The van der Waals surface area contributed by atoms with Crippen molar-refractivity contribution in [2.45, 2.75) is 12.5 Å². The predicted molar refractivity (Wildman–Crippen MR) is 63.4 cm³/mol. The molecule has 1 aromatic rings. The maximum atomic E-state index is 5.79. The van der Waals surface area contributed by atoms with Gasteiger partial charge in [0.2, 0.25) is 0 Å². The summed E-state index contributed by atoms with van der Waals surface area (Å²) in [7, 11) is 0. The molecule has 0 aromatic carbocycles. The summed E-state index contributed by atoms with van der Waals surface area (Å²) >= 11 is 11.5. The van der Waals surface area contributed by atoms with Gasteiger partial charge in [-0.15, -0.1) is 12.4 Å². The standard InChI is InChI=1S/C9H10Cl2N2O.ClH/c10-8-3-7(4-13-9(8)11)14-5-6-1-2-12-6;/h3-4,6,12H,1-2,5H2;1H/t6-;/m0./s1. The molecule has 1 fully saturated rings. The molecule has 2 rings (SSSR count). The van der Waals surface area contributed by atoms with E-state index in [-0.39, 0.29) is 12.4 Å². The second-order valence-electron chi connectivity index (χ2n) is 3.19. The second-order valence-corrected chi connectivity index (χ2v) is 3.96. The van der Waals surface area contributed by atoms with E-state index in [9.17, 15) is 0 Å². The molecule has 1 aliphatic rings. The fraction of sp³-hybridized carbons (Fsp3) is 0.444. The minimum atomic E-state index is 0. The number of aromatic nitrogens is 1. The van der Waals surface area contributed by atoms with Gasteiger partial charge >= 0.3 is 0 Å². The van der Waals surface area contributed by atoms with Crippen LogP contribution in [0.5, 0.6) is 5.75 Å². The van der Waals surface area contributed by atoms with Crippen LogP contribution in [0.1, 0.15) is 6.42 Å². The van der Waals surface area contributed by atoms with Crippen molar-refractivity contribution >= 4 is 35.6 Å². The number of nitrogens with one attached hydrogen (secondary N) is 1. The van der Waals surface area contributed by atoms with Crippen LogP contribution in [-0.4, -0.2) is 24.2 Å². The van der Waals surface area contributed by atoms with Crippen molar-refractivity contribution in [3.8, 4) is 5.75 Å². The molecule has 1 saturated heterocycles. The van der Waals surface area contributed by atoms with Crippen molar-refractivity contribution in [1.29, 1.82) is 0 Å². The fourth-order valence-electron chi connectivity index (χ4n) is 1.17. The van der Waals surface area contributed by atoms with Crippen LogP contribution in [0, 0.1) is 0 Å². The van der Waals surface area contributed by atoms with Gasteiger partial charge in [0.15, 0.2) is 0 Å². The average Bonchev–Trinajstić information content (AvgIpc) is 2.08. The van der Waals surface area contributed by atoms with Gasteiger partial charge in [-0.05, 0) is 13.0 Å². The Kier molecular flexibility index (Phi) is 4.93. The van der Waals surface area contributed by atoms with E-state index in [1.54, 1.807) is 12.3 Å². The first kappa shape index (κ1) is 12.8. The average molecular weight is 270 g/mol. The molecule has 0 radical (unpaired) electrons.